The number of hydrogen-bond donors (Lipinski definition) is 2. The van der Waals surface area contributed by atoms with E-state index >= 15 is 0 Å². The molecular formula is C17H26ClN3O3. The minimum absolute atomic E-state index is 0. The molecule has 0 aromatic heterocycles. The SMILES string of the molecule is COC(CN)CC(=O)N1CCC(C(=O)Nc2ccccc2)CC1.Cl. The van der Waals surface area contributed by atoms with Crippen LogP contribution in [0.25, 0.3) is 0 Å². The van der Waals surface area contributed by atoms with Gasteiger partial charge >= 0.3 is 0 Å². The van der Waals surface area contributed by atoms with Crippen molar-refractivity contribution in [3.63, 3.8) is 0 Å². The van der Waals surface area contributed by atoms with Gasteiger partial charge in [-0.3, -0.25) is 9.59 Å². The van der Waals surface area contributed by atoms with Crippen molar-refractivity contribution in [2.24, 2.45) is 11.7 Å². The monoisotopic (exact) mass is 355 g/mol. The molecule has 6 nitrogen and oxygen atoms in total. The van der Waals surface area contributed by atoms with Crippen molar-refractivity contribution in [1.82, 2.24) is 4.90 Å². The second kappa shape index (κ2) is 10.3. The molecule has 3 N–H and O–H groups in total. The number of ether oxygens (including phenoxy) is 1. The molecule has 0 spiro atoms. The van der Waals surface area contributed by atoms with E-state index in [1.165, 1.54) is 0 Å². The Kier molecular flexibility index (Phi) is 8.74. The summed E-state index contributed by atoms with van der Waals surface area (Å²) in [4.78, 5) is 26.2. The van der Waals surface area contributed by atoms with Crippen LogP contribution < -0.4 is 11.1 Å². The number of piperidine rings is 1. The highest BCUT2D eigenvalue weighted by molar-refractivity contribution is 5.92. The van der Waals surface area contributed by atoms with E-state index in [-0.39, 0.29) is 36.2 Å². The van der Waals surface area contributed by atoms with Crippen LogP contribution in [0.15, 0.2) is 30.3 Å². The first-order chi connectivity index (χ1) is 11.1. The maximum atomic E-state index is 12.3. The normalized spacial score (nSPS) is 16.2. The standard InChI is InChI=1S/C17H25N3O3.ClH/c1-23-15(12-18)11-16(21)20-9-7-13(8-10-20)17(22)19-14-5-3-2-4-6-14;/h2-6,13,15H,7-12,18H2,1H3,(H,19,22);1H. The summed E-state index contributed by atoms with van der Waals surface area (Å²) in [7, 11) is 1.56. The number of halogens is 1. The number of amides is 2. The van der Waals surface area contributed by atoms with Crippen LogP contribution in [0, 0.1) is 5.92 Å². The van der Waals surface area contributed by atoms with Gasteiger partial charge in [0.2, 0.25) is 11.8 Å². The number of para-hydroxylation sites is 1. The highest BCUT2D eigenvalue weighted by Crippen LogP contribution is 2.20. The molecule has 7 heteroatoms. The molecule has 1 heterocycles. The topological polar surface area (TPSA) is 84.7 Å². The summed E-state index contributed by atoms with van der Waals surface area (Å²) >= 11 is 0. The molecule has 0 radical (unpaired) electrons. The van der Waals surface area contributed by atoms with Gasteiger partial charge in [0.15, 0.2) is 0 Å². The fourth-order valence-corrected chi connectivity index (χ4v) is 2.74. The summed E-state index contributed by atoms with van der Waals surface area (Å²) in [5.74, 6) is 0.0243. The Morgan fingerprint density at radius 1 is 1.29 bits per heavy atom. The maximum absolute atomic E-state index is 12.3. The van der Waals surface area contributed by atoms with Gasteiger partial charge < -0.3 is 20.7 Å². The zero-order chi connectivity index (χ0) is 16.7. The van der Waals surface area contributed by atoms with Crippen molar-refractivity contribution in [2.75, 3.05) is 32.1 Å². The third-order valence-electron chi connectivity index (χ3n) is 4.26. The smallest absolute Gasteiger partial charge is 0.227 e. The van der Waals surface area contributed by atoms with E-state index in [1.807, 2.05) is 30.3 Å². The van der Waals surface area contributed by atoms with Crippen LogP contribution in [0.1, 0.15) is 19.3 Å². The number of benzene rings is 1. The second-order valence-electron chi connectivity index (χ2n) is 5.81. The average Bonchev–Trinajstić information content (AvgIpc) is 2.60. The van der Waals surface area contributed by atoms with E-state index < -0.39 is 0 Å². The lowest BCUT2D eigenvalue weighted by molar-refractivity contribution is -0.136. The Labute approximate surface area is 149 Å². The molecule has 1 saturated heterocycles. The van der Waals surface area contributed by atoms with E-state index in [2.05, 4.69) is 5.32 Å². The maximum Gasteiger partial charge on any atom is 0.227 e. The van der Waals surface area contributed by atoms with Crippen LogP contribution in [0.2, 0.25) is 0 Å². The largest absolute Gasteiger partial charge is 0.380 e. The van der Waals surface area contributed by atoms with E-state index in [9.17, 15) is 9.59 Å². The van der Waals surface area contributed by atoms with Crippen molar-refractivity contribution in [3.8, 4) is 0 Å². The van der Waals surface area contributed by atoms with Crippen molar-refractivity contribution >= 4 is 29.9 Å². The number of rotatable bonds is 6. The highest BCUT2D eigenvalue weighted by Gasteiger charge is 2.28. The number of methoxy groups -OCH3 is 1. The molecule has 0 saturated carbocycles. The lowest BCUT2D eigenvalue weighted by Gasteiger charge is -2.32. The highest BCUT2D eigenvalue weighted by atomic mass is 35.5. The molecule has 2 rings (SSSR count). The second-order valence-corrected chi connectivity index (χ2v) is 5.81. The van der Waals surface area contributed by atoms with Gasteiger partial charge in [-0.05, 0) is 25.0 Å². The van der Waals surface area contributed by atoms with Crippen LogP contribution in [0.3, 0.4) is 0 Å². The summed E-state index contributed by atoms with van der Waals surface area (Å²) < 4.78 is 5.15. The molecule has 1 aliphatic heterocycles. The predicted molar refractivity (Wildman–Crippen MR) is 96.1 cm³/mol. The third-order valence-corrected chi connectivity index (χ3v) is 4.26. The van der Waals surface area contributed by atoms with Gasteiger partial charge in [-0.1, -0.05) is 18.2 Å². The molecule has 0 bridgehead atoms. The molecule has 0 aliphatic carbocycles. The first-order valence-electron chi connectivity index (χ1n) is 8.00. The first kappa shape index (κ1) is 20.4. The number of nitrogens with one attached hydrogen (secondary N) is 1. The van der Waals surface area contributed by atoms with Crippen molar-refractivity contribution in [2.45, 2.75) is 25.4 Å². The number of carbonyl (C=O) groups is 2. The summed E-state index contributed by atoms with van der Waals surface area (Å²) in [6.45, 7) is 1.54. The number of anilines is 1. The minimum atomic E-state index is -0.235. The van der Waals surface area contributed by atoms with Gasteiger partial charge in [-0.25, -0.2) is 0 Å². The van der Waals surface area contributed by atoms with Crippen molar-refractivity contribution in [1.29, 1.82) is 0 Å². The molecule has 1 atom stereocenters. The Morgan fingerprint density at radius 2 is 1.92 bits per heavy atom. The van der Waals surface area contributed by atoms with Crippen LogP contribution in [-0.4, -0.2) is 49.6 Å². The number of likely N-dealkylation sites (tertiary alicyclic amines) is 1. The lowest BCUT2D eigenvalue weighted by atomic mass is 9.95. The lowest BCUT2D eigenvalue weighted by Crippen LogP contribution is -2.43. The van der Waals surface area contributed by atoms with Gasteiger partial charge in [0.05, 0.1) is 12.5 Å². The summed E-state index contributed by atoms with van der Waals surface area (Å²) in [5.41, 5.74) is 6.35. The minimum Gasteiger partial charge on any atom is -0.380 e. The molecule has 134 valence electrons. The molecule has 1 unspecified atom stereocenters. The van der Waals surface area contributed by atoms with Gasteiger partial charge in [0.25, 0.3) is 0 Å². The molecule has 2 amide bonds. The van der Waals surface area contributed by atoms with Crippen LogP contribution in [0.5, 0.6) is 0 Å². The fourth-order valence-electron chi connectivity index (χ4n) is 2.74. The van der Waals surface area contributed by atoms with Gasteiger partial charge in [0, 0.05) is 38.3 Å². The molecule has 1 fully saturated rings. The Hall–Kier alpha value is -1.63. The molecule has 1 aromatic carbocycles. The van der Waals surface area contributed by atoms with E-state index in [0.717, 1.165) is 5.69 Å². The van der Waals surface area contributed by atoms with Gasteiger partial charge in [-0.2, -0.15) is 0 Å². The number of nitrogens with zero attached hydrogens (tertiary/aromatic N) is 1. The molecule has 24 heavy (non-hydrogen) atoms. The molecule has 1 aromatic rings. The first-order valence-corrected chi connectivity index (χ1v) is 8.00. The van der Waals surface area contributed by atoms with Gasteiger partial charge in [0.1, 0.15) is 0 Å². The summed E-state index contributed by atoms with van der Waals surface area (Å²) in [6, 6.07) is 9.43. The summed E-state index contributed by atoms with van der Waals surface area (Å²) in [5, 5.41) is 2.93. The van der Waals surface area contributed by atoms with Crippen LogP contribution in [-0.2, 0) is 14.3 Å². The van der Waals surface area contributed by atoms with E-state index in [4.69, 9.17) is 10.5 Å². The van der Waals surface area contributed by atoms with E-state index in [1.54, 1.807) is 12.0 Å². The van der Waals surface area contributed by atoms with Gasteiger partial charge in [-0.15, -0.1) is 12.4 Å². The fraction of sp³-hybridized carbons (Fsp3) is 0.529. The van der Waals surface area contributed by atoms with Crippen LogP contribution >= 0.6 is 12.4 Å². The van der Waals surface area contributed by atoms with Crippen LogP contribution in [0.4, 0.5) is 5.69 Å². The van der Waals surface area contributed by atoms with Crippen molar-refractivity contribution < 1.29 is 14.3 Å². The predicted octanol–water partition coefficient (Wildman–Crippen LogP) is 1.65. The quantitative estimate of drug-likeness (QED) is 0.812. The molecular weight excluding hydrogens is 330 g/mol. The number of hydrogen-bond acceptors (Lipinski definition) is 4. The zero-order valence-electron chi connectivity index (χ0n) is 13.9. The summed E-state index contributed by atoms with van der Waals surface area (Å²) in [6.07, 6.45) is 1.44. The number of carbonyl (C=O) groups excluding carboxylic acids is 2. The number of nitrogens with two attached hydrogens (primary N) is 1. The molecule has 1 aliphatic rings. The average molecular weight is 356 g/mol. The zero-order valence-corrected chi connectivity index (χ0v) is 14.8. The Morgan fingerprint density at radius 3 is 2.46 bits per heavy atom. The Balaban J connectivity index is 0.00000288. The Bertz CT molecular complexity index is 515. The third kappa shape index (κ3) is 5.78. The van der Waals surface area contributed by atoms with Crippen molar-refractivity contribution in [3.05, 3.63) is 30.3 Å². The van der Waals surface area contributed by atoms with E-state index in [0.29, 0.717) is 38.9 Å².